The monoisotopic (exact) mass is 190 g/mol. The normalized spacial score (nSPS) is 14.2. The molecule has 13 heavy (non-hydrogen) atoms. The summed E-state index contributed by atoms with van der Waals surface area (Å²) in [6.07, 6.45) is -1.83. The Morgan fingerprint density at radius 2 is 2.08 bits per heavy atom. The fourth-order valence-electron chi connectivity index (χ4n) is 0.978. The standard InChI is InChI=1S/C8H9F3N2/c1-5-2-3-13-4-6(5)7(12)8(9,10)11/h2-4,7H,12H2,1H3. The number of halogens is 3. The summed E-state index contributed by atoms with van der Waals surface area (Å²) in [4.78, 5) is 3.60. The number of rotatable bonds is 1. The minimum absolute atomic E-state index is 0.0231. The van der Waals surface area contributed by atoms with E-state index in [2.05, 4.69) is 4.98 Å². The van der Waals surface area contributed by atoms with E-state index in [-0.39, 0.29) is 5.56 Å². The number of pyridine rings is 1. The van der Waals surface area contributed by atoms with E-state index in [1.807, 2.05) is 0 Å². The van der Waals surface area contributed by atoms with E-state index < -0.39 is 12.2 Å². The van der Waals surface area contributed by atoms with Gasteiger partial charge in [-0.2, -0.15) is 13.2 Å². The summed E-state index contributed by atoms with van der Waals surface area (Å²) >= 11 is 0. The van der Waals surface area contributed by atoms with Crippen LogP contribution in [0.4, 0.5) is 13.2 Å². The Balaban J connectivity index is 3.02. The van der Waals surface area contributed by atoms with Crippen LogP contribution in [0.15, 0.2) is 18.5 Å². The average Bonchev–Trinajstić information content (AvgIpc) is 2.02. The lowest BCUT2D eigenvalue weighted by atomic mass is 10.0. The molecule has 1 atom stereocenters. The van der Waals surface area contributed by atoms with Gasteiger partial charge in [-0.1, -0.05) is 0 Å². The first kappa shape index (κ1) is 9.98. The van der Waals surface area contributed by atoms with Crippen LogP contribution in [0.25, 0.3) is 0 Å². The van der Waals surface area contributed by atoms with Crippen LogP contribution in [-0.4, -0.2) is 11.2 Å². The Hall–Kier alpha value is -1.10. The van der Waals surface area contributed by atoms with E-state index in [9.17, 15) is 13.2 Å². The molecule has 1 aromatic heterocycles. The van der Waals surface area contributed by atoms with Crippen LogP contribution in [0.5, 0.6) is 0 Å². The van der Waals surface area contributed by atoms with Crippen molar-refractivity contribution in [1.29, 1.82) is 0 Å². The van der Waals surface area contributed by atoms with Crippen LogP contribution in [0.3, 0.4) is 0 Å². The summed E-state index contributed by atoms with van der Waals surface area (Å²) in [7, 11) is 0. The number of nitrogens with two attached hydrogens (primary N) is 1. The molecular formula is C8H9F3N2. The van der Waals surface area contributed by atoms with Crippen molar-refractivity contribution in [1.82, 2.24) is 4.98 Å². The molecule has 72 valence electrons. The minimum atomic E-state index is -4.41. The molecule has 0 radical (unpaired) electrons. The molecule has 1 rings (SSSR count). The van der Waals surface area contributed by atoms with Gasteiger partial charge in [-0.05, 0) is 24.1 Å². The van der Waals surface area contributed by atoms with Crippen LogP contribution in [0.1, 0.15) is 17.2 Å². The highest BCUT2D eigenvalue weighted by molar-refractivity contribution is 5.25. The zero-order valence-electron chi connectivity index (χ0n) is 6.97. The Bertz CT molecular complexity index is 296. The Morgan fingerprint density at radius 1 is 1.46 bits per heavy atom. The molecule has 1 aromatic rings. The summed E-state index contributed by atoms with van der Waals surface area (Å²) in [6, 6.07) is -0.442. The second kappa shape index (κ2) is 3.33. The van der Waals surface area contributed by atoms with Gasteiger partial charge in [0, 0.05) is 12.4 Å². The van der Waals surface area contributed by atoms with Gasteiger partial charge in [-0.25, -0.2) is 0 Å². The zero-order chi connectivity index (χ0) is 10.1. The van der Waals surface area contributed by atoms with Crippen molar-refractivity contribution >= 4 is 0 Å². The number of alkyl halides is 3. The first-order chi connectivity index (χ1) is 5.93. The highest BCUT2D eigenvalue weighted by Gasteiger charge is 2.38. The van der Waals surface area contributed by atoms with Crippen molar-refractivity contribution in [2.45, 2.75) is 19.1 Å². The first-order valence-electron chi connectivity index (χ1n) is 3.65. The second-order valence-electron chi connectivity index (χ2n) is 2.75. The molecule has 1 heterocycles. The lowest BCUT2D eigenvalue weighted by molar-refractivity contribution is -0.149. The largest absolute Gasteiger partial charge is 0.407 e. The fourth-order valence-corrected chi connectivity index (χ4v) is 0.978. The van der Waals surface area contributed by atoms with Gasteiger partial charge in [0.15, 0.2) is 0 Å². The highest BCUT2D eigenvalue weighted by Crippen LogP contribution is 2.31. The van der Waals surface area contributed by atoms with Gasteiger partial charge in [0.05, 0.1) is 0 Å². The van der Waals surface area contributed by atoms with E-state index >= 15 is 0 Å². The maximum atomic E-state index is 12.2. The molecule has 0 saturated heterocycles. The lowest BCUT2D eigenvalue weighted by Crippen LogP contribution is -2.29. The van der Waals surface area contributed by atoms with Crippen LogP contribution in [-0.2, 0) is 0 Å². The van der Waals surface area contributed by atoms with Crippen molar-refractivity contribution in [2.75, 3.05) is 0 Å². The molecule has 2 N–H and O–H groups in total. The molecule has 2 nitrogen and oxygen atoms in total. The van der Waals surface area contributed by atoms with Crippen molar-refractivity contribution in [3.63, 3.8) is 0 Å². The SMILES string of the molecule is Cc1ccncc1C(N)C(F)(F)F. The fraction of sp³-hybridized carbons (Fsp3) is 0.375. The summed E-state index contributed by atoms with van der Waals surface area (Å²) in [5.74, 6) is 0. The highest BCUT2D eigenvalue weighted by atomic mass is 19.4. The molecular weight excluding hydrogens is 181 g/mol. The van der Waals surface area contributed by atoms with Crippen LogP contribution in [0, 0.1) is 6.92 Å². The number of aryl methyl sites for hydroxylation is 1. The third kappa shape index (κ3) is 2.18. The maximum absolute atomic E-state index is 12.2. The molecule has 0 aliphatic rings. The first-order valence-corrected chi connectivity index (χ1v) is 3.65. The Morgan fingerprint density at radius 3 is 2.54 bits per heavy atom. The van der Waals surface area contributed by atoms with Gasteiger partial charge >= 0.3 is 6.18 Å². The summed E-state index contributed by atoms with van der Waals surface area (Å²) in [5.41, 5.74) is 5.53. The number of aromatic nitrogens is 1. The molecule has 0 aromatic carbocycles. The number of hydrogen-bond donors (Lipinski definition) is 1. The molecule has 0 spiro atoms. The molecule has 0 amide bonds. The molecule has 1 unspecified atom stereocenters. The molecule has 0 fully saturated rings. The minimum Gasteiger partial charge on any atom is -0.316 e. The maximum Gasteiger partial charge on any atom is 0.407 e. The van der Waals surface area contributed by atoms with Gasteiger partial charge in [0.25, 0.3) is 0 Å². The molecule has 0 aliphatic carbocycles. The quantitative estimate of drug-likeness (QED) is 0.735. The van der Waals surface area contributed by atoms with Crippen LogP contribution >= 0.6 is 0 Å². The smallest absolute Gasteiger partial charge is 0.316 e. The summed E-state index contributed by atoms with van der Waals surface area (Å²) < 4.78 is 36.5. The topological polar surface area (TPSA) is 38.9 Å². The summed E-state index contributed by atoms with van der Waals surface area (Å²) in [5, 5.41) is 0. The van der Waals surface area contributed by atoms with Gasteiger partial charge in [0.1, 0.15) is 6.04 Å². The van der Waals surface area contributed by atoms with E-state index in [1.165, 1.54) is 12.3 Å². The Labute approximate surface area is 73.6 Å². The number of nitrogens with zero attached hydrogens (tertiary/aromatic N) is 1. The van der Waals surface area contributed by atoms with E-state index in [1.54, 1.807) is 6.92 Å². The molecule has 0 saturated carbocycles. The van der Waals surface area contributed by atoms with Gasteiger partial charge in [-0.15, -0.1) is 0 Å². The predicted octanol–water partition coefficient (Wildman–Crippen LogP) is 1.95. The lowest BCUT2D eigenvalue weighted by Gasteiger charge is -2.16. The van der Waals surface area contributed by atoms with Crippen molar-refractivity contribution in [3.05, 3.63) is 29.6 Å². The number of hydrogen-bond acceptors (Lipinski definition) is 2. The third-order valence-electron chi connectivity index (χ3n) is 1.77. The Kier molecular flexibility index (Phi) is 2.56. The van der Waals surface area contributed by atoms with Gasteiger partial charge in [-0.3, -0.25) is 4.98 Å². The van der Waals surface area contributed by atoms with Gasteiger partial charge in [0.2, 0.25) is 0 Å². The third-order valence-corrected chi connectivity index (χ3v) is 1.77. The van der Waals surface area contributed by atoms with Crippen molar-refractivity contribution in [3.8, 4) is 0 Å². The van der Waals surface area contributed by atoms with Crippen LogP contribution < -0.4 is 5.73 Å². The average molecular weight is 190 g/mol. The van der Waals surface area contributed by atoms with Crippen molar-refractivity contribution < 1.29 is 13.2 Å². The van der Waals surface area contributed by atoms with Gasteiger partial charge < -0.3 is 5.73 Å². The molecule has 0 bridgehead atoms. The van der Waals surface area contributed by atoms with E-state index in [0.29, 0.717) is 5.56 Å². The van der Waals surface area contributed by atoms with Crippen LogP contribution in [0.2, 0.25) is 0 Å². The second-order valence-corrected chi connectivity index (χ2v) is 2.75. The summed E-state index contributed by atoms with van der Waals surface area (Å²) in [6.45, 7) is 1.57. The predicted molar refractivity (Wildman–Crippen MR) is 42.0 cm³/mol. The molecule has 0 aliphatic heterocycles. The molecule has 5 heteroatoms. The van der Waals surface area contributed by atoms with E-state index in [0.717, 1.165) is 6.20 Å². The van der Waals surface area contributed by atoms with E-state index in [4.69, 9.17) is 5.73 Å². The zero-order valence-corrected chi connectivity index (χ0v) is 6.97. The van der Waals surface area contributed by atoms with Crippen molar-refractivity contribution in [2.24, 2.45) is 5.73 Å².